The summed E-state index contributed by atoms with van der Waals surface area (Å²) in [4.78, 5) is 0. The summed E-state index contributed by atoms with van der Waals surface area (Å²) in [6.07, 6.45) is 0. The van der Waals surface area contributed by atoms with Crippen molar-refractivity contribution in [3.8, 4) is 11.8 Å². The molecular formula is C16H23BrFNOSi. The summed E-state index contributed by atoms with van der Waals surface area (Å²) in [5, 5.41) is 9.04. The number of nitriles is 1. The molecule has 116 valence electrons. The van der Waals surface area contributed by atoms with Crippen molar-refractivity contribution in [3.05, 3.63) is 28.0 Å². The molecule has 0 saturated carbocycles. The van der Waals surface area contributed by atoms with E-state index in [4.69, 9.17) is 9.69 Å². The molecule has 0 fully saturated rings. The van der Waals surface area contributed by atoms with E-state index in [1.165, 1.54) is 6.07 Å². The molecule has 1 aromatic carbocycles. The first-order chi connectivity index (χ1) is 9.66. The molecule has 0 saturated heterocycles. The van der Waals surface area contributed by atoms with Gasteiger partial charge in [-0.3, -0.25) is 0 Å². The second-order valence-corrected chi connectivity index (χ2v) is 12.5. The molecule has 0 bridgehead atoms. The Morgan fingerprint density at radius 1 is 1.10 bits per heavy atom. The van der Waals surface area contributed by atoms with Crippen molar-refractivity contribution in [2.24, 2.45) is 0 Å². The smallest absolute Gasteiger partial charge is 0.258 e. The van der Waals surface area contributed by atoms with Crippen molar-refractivity contribution in [1.82, 2.24) is 0 Å². The lowest BCUT2D eigenvalue weighted by Gasteiger charge is -2.42. The molecule has 0 aliphatic rings. The maximum Gasteiger partial charge on any atom is 0.258 e. The minimum absolute atomic E-state index is 0.0125. The molecule has 21 heavy (non-hydrogen) atoms. The van der Waals surface area contributed by atoms with E-state index in [0.717, 1.165) is 0 Å². The predicted octanol–water partition coefficient (Wildman–Crippen LogP) is 6.01. The van der Waals surface area contributed by atoms with Gasteiger partial charge in [0, 0.05) is 0 Å². The molecule has 0 aromatic heterocycles. The Morgan fingerprint density at radius 2 is 1.57 bits per heavy atom. The Labute approximate surface area is 136 Å². The van der Waals surface area contributed by atoms with E-state index in [0.29, 0.717) is 22.4 Å². The summed E-state index contributed by atoms with van der Waals surface area (Å²) in [7, 11) is -2.10. The molecule has 0 amide bonds. The van der Waals surface area contributed by atoms with Crippen LogP contribution in [0.3, 0.4) is 0 Å². The Morgan fingerprint density at radius 3 is 1.95 bits per heavy atom. The Hall–Kier alpha value is -0.863. The zero-order valence-electron chi connectivity index (χ0n) is 13.5. The molecule has 2 nitrogen and oxygen atoms in total. The van der Waals surface area contributed by atoms with E-state index >= 15 is 0 Å². The second kappa shape index (κ2) is 6.93. The molecule has 0 heterocycles. The number of halogens is 2. The number of hydrogen-bond donors (Lipinski definition) is 0. The van der Waals surface area contributed by atoms with Crippen LogP contribution in [0.25, 0.3) is 0 Å². The molecule has 0 atom stereocenters. The quantitative estimate of drug-likeness (QED) is 0.593. The van der Waals surface area contributed by atoms with Crippen LogP contribution < -0.4 is 4.43 Å². The number of nitrogens with zero attached hydrogens (tertiary/aromatic N) is 1. The normalized spacial score (nSPS) is 12.1. The summed E-state index contributed by atoms with van der Waals surface area (Å²) in [6.45, 7) is 13.1. The molecule has 0 radical (unpaired) electrons. The van der Waals surface area contributed by atoms with Gasteiger partial charge in [0.15, 0.2) is 5.82 Å². The number of rotatable bonds is 5. The fourth-order valence-corrected chi connectivity index (χ4v) is 8.93. The van der Waals surface area contributed by atoms with Gasteiger partial charge in [-0.05, 0) is 44.7 Å². The largest absolute Gasteiger partial charge is 0.543 e. The topological polar surface area (TPSA) is 33.0 Å². The van der Waals surface area contributed by atoms with E-state index in [1.54, 1.807) is 6.07 Å². The van der Waals surface area contributed by atoms with Gasteiger partial charge in [0.05, 0.1) is 10.0 Å². The van der Waals surface area contributed by atoms with Gasteiger partial charge in [0.2, 0.25) is 0 Å². The van der Waals surface area contributed by atoms with Gasteiger partial charge in [-0.25, -0.2) is 4.39 Å². The first kappa shape index (κ1) is 18.2. The van der Waals surface area contributed by atoms with Crippen LogP contribution in [0.15, 0.2) is 16.6 Å². The molecule has 5 heteroatoms. The maximum atomic E-state index is 13.8. The Bertz CT molecular complexity index is 530. The van der Waals surface area contributed by atoms with Gasteiger partial charge in [-0.1, -0.05) is 41.5 Å². The molecule has 1 aromatic rings. The summed E-state index contributed by atoms with van der Waals surface area (Å²) in [5.41, 5.74) is 1.28. The monoisotopic (exact) mass is 371 g/mol. The van der Waals surface area contributed by atoms with Crippen LogP contribution in [0.2, 0.25) is 16.6 Å². The van der Waals surface area contributed by atoms with E-state index in [-0.39, 0.29) is 10.0 Å². The van der Waals surface area contributed by atoms with Crippen molar-refractivity contribution in [2.75, 3.05) is 0 Å². The van der Waals surface area contributed by atoms with Crippen LogP contribution >= 0.6 is 15.9 Å². The second-order valence-electron chi connectivity index (χ2n) is 6.30. The standard InChI is InChI=1S/C16H23BrFNOSi/c1-10(2)21(11(3)4,12(5)6)20-14-7-13(9-19)16(18)15(17)8-14/h7-8,10-12H,1-6H3. The van der Waals surface area contributed by atoms with Crippen LogP contribution in [-0.4, -0.2) is 8.32 Å². The Kier molecular flexibility index (Phi) is 6.00. The zero-order chi connectivity index (χ0) is 16.4. The SMILES string of the molecule is CC(C)[Si](Oc1cc(Br)c(F)c(C#N)c1)(C(C)C)C(C)C. The lowest BCUT2D eigenvalue weighted by atomic mass is 10.2. The molecule has 0 N–H and O–H groups in total. The lowest BCUT2D eigenvalue weighted by Crippen LogP contribution is -2.50. The van der Waals surface area contributed by atoms with Crippen molar-refractivity contribution in [3.63, 3.8) is 0 Å². The fourth-order valence-electron chi connectivity index (χ4n) is 3.26. The lowest BCUT2D eigenvalue weighted by molar-refractivity contribution is 0.477. The minimum atomic E-state index is -2.10. The zero-order valence-corrected chi connectivity index (χ0v) is 16.1. The van der Waals surface area contributed by atoms with Crippen molar-refractivity contribution < 1.29 is 8.82 Å². The van der Waals surface area contributed by atoms with Gasteiger partial charge in [0.25, 0.3) is 8.32 Å². The van der Waals surface area contributed by atoms with E-state index in [1.807, 2.05) is 6.07 Å². The average molecular weight is 372 g/mol. The van der Waals surface area contributed by atoms with Gasteiger partial charge in [-0.2, -0.15) is 5.26 Å². The van der Waals surface area contributed by atoms with E-state index in [9.17, 15) is 4.39 Å². The van der Waals surface area contributed by atoms with Gasteiger partial charge in [0.1, 0.15) is 11.8 Å². The first-order valence-corrected chi connectivity index (χ1v) is 10.2. The number of hydrogen-bond acceptors (Lipinski definition) is 2. The van der Waals surface area contributed by atoms with Gasteiger partial charge < -0.3 is 4.43 Å². The summed E-state index contributed by atoms with van der Waals surface area (Å²) in [6, 6.07) is 5.02. The molecular weight excluding hydrogens is 349 g/mol. The van der Waals surface area contributed by atoms with Crippen LogP contribution in [-0.2, 0) is 0 Å². The fraction of sp³-hybridized carbons (Fsp3) is 0.562. The maximum absolute atomic E-state index is 13.8. The highest BCUT2D eigenvalue weighted by atomic mass is 79.9. The highest BCUT2D eigenvalue weighted by molar-refractivity contribution is 9.10. The third kappa shape index (κ3) is 3.49. The summed E-state index contributed by atoms with van der Waals surface area (Å²) in [5.74, 6) is 0.0540. The highest BCUT2D eigenvalue weighted by Gasteiger charge is 2.47. The molecule has 0 spiro atoms. The molecule has 0 unspecified atom stereocenters. The van der Waals surface area contributed by atoms with E-state index in [2.05, 4.69) is 57.5 Å². The van der Waals surface area contributed by atoms with Crippen molar-refractivity contribution in [2.45, 2.75) is 58.2 Å². The first-order valence-electron chi connectivity index (χ1n) is 7.24. The molecule has 1 rings (SSSR count). The van der Waals surface area contributed by atoms with Crippen LogP contribution in [0.1, 0.15) is 47.1 Å². The van der Waals surface area contributed by atoms with E-state index < -0.39 is 14.1 Å². The van der Waals surface area contributed by atoms with Crippen molar-refractivity contribution in [1.29, 1.82) is 5.26 Å². The third-order valence-electron chi connectivity index (χ3n) is 4.12. The summed E-state index contributed by atoms with van der Waals surface area (Å²) < 4.78 is 20.5. The van der Waals surface area contributed by atoms with Crippen LogP contribution in [0, 0.1) is 17.1 Å². The van der Waals surface area contributed by atoms with Crippen LogP contribution in [0.5, 0.6) is 5.75 Å². The van der Waals surface area contributed by atoms with Gasteiger partial charge >= 0.3 is 0 Å². The average Bonchev–Trinajstić information content (AvgIpc) is 2.38. The molecule has 0 aliphatic heterocycles. The Balaban J connectivity index is 3.35. The molecule has 0 aliphatic carbocycles. The van der Waals surface area contributed by atoms with Gasteiger partial charge in [-0.15, -0.1) is 0 Å². The summed E-state index contributed by atoms with van der Waals surface area (Å²) >= 11 is 3.17. The highest BCUT2D eigenvalue weighted by Crippen LogP contribution is 2.43. The predicted molar refractivity (Wildman–Crippen MR) is 90.5 cm³/mol. The minimum Gasteiger partial charge on any atom is -0.543 e. The third-order valence-corrected chi connectivity index (χ3v) is 10.7. The van der Waals surface area contributed by atoms with Crippen LogP contribution in [0.4, 0.5) is 4.39 Å². The van der Waals surface area contributed by atoms with Crippen molar-refractivity contribution >= 4 is 24.2 Å². The number of benzene rings is 1.